The highest BCUT2D eigenvalue weighted by molar-refractivity contribution is 6.34. The van der Waals surface area contributed by atoms with Crippen molar-refractivity contribution in [2.24, 2.45) is 11.7 Å². The number of carbonyl (C=O) groups is 2. The summed E-state index contributed by atoms with van der Waals surface area (Å²) < 4.78 is 0. The van der Waals surface area contributed by atoms with Gasteiger partial charge in [0, 0.05) is 23.5 Å². The minimum Gasteiger partial charge on any atom is -0.361 e. The van der Waals surface area contributed by atoms with Crippen LogP contribution in [0.3, 0.4) is 0 Å². The van der Waals surface area contributed by atoms with Crippen LogP contribution in [-0.2, 0) is 9.59 Å². The van der Waals surface area contributed by atoms with Crippen LogP contribution in [0.2, 0.25) is 0 Å². The number of rotatable bonds is 2. The SMILES string of the molecule is C[C@H]1CC[C@H](c2ccc3ccc(C4CCN(C)CC4)nc3c2)N(C(=O)C(N)=O)C1. The standard InChI is InChI=1S/C23H30N4O2/c1-15-3-8-21(27(14-15)23(29)22(24)28)18-5-4-16-6-7-19(25-20(16)13-18)17-9-11-26(2)12-10-17/h4-7,13,15,17,21H,3,8-12,14H2,1-2H3,(H2,24,28)/t15-,21+/m0/s1. The average Bonchev–Trinajstić information content (AvgIpc) is 2.73. The van der Waals surface area contributed by atoms with Gasteiger partial charge in [-0.3, -0.25) is 14.6 Å². The summed E-state index contributed by atoms with van der Waals surface area (Å²) in [6.07, 6.45) is 4.13. The van der Waals surface area contributed by atoms with E-state index in [0.717, 1.165) is 60.9 Å². The number of primary amides is 1. The molecule has 2 aliphatic rings. The first-order chi connectivity index (χ1) is 13.9. The zero-order valence-electron chi connectivity index (χ0n) is 17.3. The van der Waals surface area contributed by atoms with Gasteiger partial charge < -0.3 is 15.5 Å². The van der Waals surface area contributed by atoms with Gasteiger partial charge >= 0.3 is 11.8 Å². The van der Waals surface area contributed by atoms with Gasteiger partial charge in [0.2, 0.25) is 0 Å². The molecule has 154 valence electrons. The second-order valence-corrected chi connectivity index (χ2v) is 8.79. The zero-order valence-corrected chi connectivity index (χ0v) is 17.3. The van der Waals surface area contributed by atoms with E-state index in [1.54, 1.807) is 4.90 Å². The number of nitrogens with zero attached hydrogens (tertiary/aromatic N) is 3. The Morgan fingerprint density at radius 1 is 1.07 bits per heavy atom. The van der Waals surface area contributed by atoms with Crippen molar-refractivity contribution in [2.45, 2.75) is 44.6 Å². The summed E-state index contributed by atoms with van der Waals surface area (Å²) in [6, 6.07) is 10.4. The monoisotopic (exact) mass is 394 g/mol. The number of likely N-dealkylation sites (tertiary alicyclic amines) is 2. The van der Waals surface area contributed by atoms with E-state index in [1.807, 2.05) is 0 Å². The van der Waals surface area contributed by atoms with Gasteiger partial charge in [0.05, 0.1) is 11.6 Å². The number of carbonyl (C=O) groups excluding carboxylic acids is 2. The van der Waals surface area contributed by atoms with Crippen molar-refractivity contribution in [3.8, 4) is 0 Å². The van der Waals surface area contributed by atoms with E-state index >= 15 is 0 Å². The third-order valence-electron chi connectivity index (χ3n) is 6.55. The molecular formula is C23H30N4O2. The van der Waals surface area contributed by atoms with E-state index in [0.29, 0.717) is 18.4 Å². The number of amides is 2. The van der Waals surface area contributed by atoms with Crippen molar-refractivity contribution in [1.29, 1.82) is 0 Å². The molecule has 2 atom stereocenters. The fourth-order valence-electron chi connectivity index (χ4n) is 4.75. The first kappa shape index (κ1) is 19.8. The third kappa shape index (κ3) is 4.13. The van der Waals surface area contributed by atoms with E-state index in [-0.39, 0.29) is 6.04 Å². The highest BCUT2D eigenvalue weighted by Crippen LogP contribution is 2.35. The molecule has 0 aliphatic carbocycles. The summed E-state index contributed by atoms with van der Waals surface area (Å²) in [5, 5.41) is 1.10. The van der Waals surface area contributed by atoms with Crippen molar-refractivity contribution in [1.82, 2.24) is 14.8 Å². The Bertz CT molecular complexity index is 920. The lowest BCUT2D eigenvalue weighted by Gasteiger charge is -2.38. The molecule has 2 N–H and O–H groups in total. The van der Waals surface area contributed by atoms with E-state index in [2.05, 4.69) is 49.2 Å². The molecule has 4 rings (SSSR count). The molecule has 2 aromatic rings. The highest BCUT2D eigenvalue weighted by atomic mass is 16.2. The quantitative estimate of drug-likeness (QED) is 0.795. The molecule has 6 heteroatoms. The first-order valence-electron chi connectivity index (χ1n) is 10.6. The van der Waals surface area contributed by atoms with Crippen LogP contribution in [0, 0.1) is 5.92 Å². The van der Waals surface area contributed by atoms with Crippen LogP contribution in [0.1, 0.15) is 55.8 Å². The topological polar surface area (TPSA) is 79.5 Å². The summed E-state index contributed by atoms with van der Waals surface area (Å²) >= 11 is 0. The number of nitrogens with two attached hydrogens (primary N) is 1. The Hall–Kier alpha value is -2.47. The van der Waals surface area contributed by atoms with Crippen LogP contribution < -0.4 is 5.73 Å². The van der Waals surface area contributed by atoms with Crippen LogP contribution in [0.5, 0.6) is 0 Å². The zero-order chi connectivity index (χ0) is 20.5. The number of piperidine rings is 2. The molecule has 2 saturated heterocycles. The van der Waals surface area contributed by atoms with Crippen LogP contribution in [0.15, 0.2) is 30.3 Å². The molecule has 0 unspecified atom stereocenters. The van der Waals surface area contributed by atoms with Crippen LogP contribution >= 0.6 is 0 Å². The van der Waals surface area contributed by atoms with Crippen molar-refractivity contribution in [3.63, 3.8) is 0 Å². The summed E-state index contributed by atoms with van der Waals surface area (Å²) in [7, 11) is 2.17. The highest BCUT2D eigenvalue weighted by Gasteiger charge is 2.33. The number of aromatic nitrogens is 1. The van der Waals surface area contributed by atoms with Gasteiger partial charge in [0.15, 0.2) is 0 Å². The van der Waals surface area contributed by atoms with Crippen molar-refractivity contribution in [2.75, 3.05) is 26.7 Å². The largest absolute Gasteiger partial charge is 0.361 e. The summed E-state index contributed by atoms with van der Waals surface area (Å²) in [5.41, 5.74) is 8.46. The third-order valence-corrected chi connectivity index (χ3v) is 6.55. The number of fused-ring (bicyclic) bond motifs is 1. The van der Waals surface area contributed by atoms with Gasteiger partial charge in [0.25, 0.3) is 0 Å². The predicted octanol–water partition coefficient (Wildman–Crippen LogP) is 2.83. The molecule has 0 radical (unpaired) electrons. The van der Waals surface area contributed by atoms with Crippen LogP contribution in [-0.4, -0.2) is 53.3 Å². The van der Waals surface area contributed by atoms with Crippen molar-refractivity contribution < 1.29 is 9.59 Å². The summed E-state index contributed by atoms with van der Waals surface area (Å²) in [4.78, 5) is 33.0. The molecule has 6 nitrogen and oxygen atoms in total. The fraction of sp³-hybridized carbons (Fsp3) is 0.522. The van der Waals surface area contributed by atoms with E-state index < -0.39 is 11.8 Å². The van der Waals surface area contributed by atoms with Crippen molar-refractivity contribution >= 4 is 22.7 Å². The Morgan fingerprint density at radius 3 is 2.52 bits per heavy atom. The lowest BCUT2D eigenvalue weighted by molar-refractivity contribution is -0.147. The van der Waals surface area contributed by atoms with E-state index in [9.17, 15) is 9.59 Å². The maximum Gasteiger partial charge on any atom is 0.312 e. The molecule has 2 amide bonds. The summed E-state index contributed by atoms with van der Waals surface area (Å²) in [5.74, 6) is -0.603. The molecule has 0 saturated carbocycles. The first-order valence-corrected chi connectivity index (χ1v) is 10.6. The molecule has 2 aliphatic heterocycles. The molecule has 3 heterocycles. The van der Waals surface area contributed by atoms with Crippen LogP contribution in [0.4, 0.5) is 0 Å². The number of hydrogen-bond acceptors (Lipinski definition) is 4. The Labute approximate surface area is 172 Å². The smallest absolute Gasteiger partial charge is 0.312 e. The van der Waals surface area contributed by atoms with Gasteiger partial charge in [-0.25, -0.2) is 0 Å². The second-order valence-electron chi connectivity index (χ2n) is 8.79. The Morgan fingerprint density at radius 2 is 1.79 bits per heavy atom. The van der Waals surface area contributed by atoms with E-state index in [1.165, 1.54) is 0 Å². The summed E-state index contributed by atoms with van der Waals surface area (Å²) in [6.45, 7) is 4.88. The van der Waals surface area contributed by atoms with Gasteiger partial charge in [0.1, 0.15) is 0 Å². The fourth-order valence-corrected chi connectivity index (χ4v) is 4.75. The van der Waals surface area contributed by atoms with Gasteiger partial charge in [-0.1, -0.05) is 25.1 Å². The average molecular weight is 395 g/mol. The molecule has 0 spiro atoms. The molecule has 1 aromatic carbocycles. The normalized spacial score (nSPS) is 24.0. The lowest BCUT2D eigenvalue weighted by atomic mass is 9.89. The Kier molecular flexibility index (Phi) is 5.54. The second kappa shape index (κ2) is 8.11. The maximum absolute atomic E-state index is 12.4. The van der Waals surface area contributed by atoms with Crippen LogP contribution in [0.25, 0.3) is 10.9 Å². The number of pyridine rings is 1. The van der Waals surface area contributed by atoms with Gasteiger partial charge in [-0.05, 0) is 69.4 Å². The molecular weight excluding hydrogens is 364 g/mol. The van der Waals surface area contributed by atoms with E-state index in [4.69, 9.17) is 10.7 Å². The van der Waals surface area contributed by atoms with Crippen molar-refractivity contribution in [3.05, 3.63) is 41.6 Å². The molecule has 0 bridgehead atoms. The lowest BCUT2D eigenvalue weighted by Crippen LogP contribution is -2.46. The minimum absolute atomic E-state index is 0.121. The van der Waals surface area contributed by atoms with Gasteiger partial charge in [-0.15, -0.1) is 0 Å². The molecule has 2 fully saturated rings. The number of benzene rings is 1. The van der Waals surface area contributed by atoms with Gasteiger partial charge in [-0.2, -0.15) is 0 Å². The molecule has 1 aromatic heterocycles. The molecule has 29 heavy (non-hydrogen) atoms. The number of hydrogen-bond donors (Lipinski definition) is 1. The Balaban J connectivity index is 1.64. The maximum atomic E-state index is 12.4. The predicted molar refractivity (Wildman–Crippen MR) is 113 cm³/mol. The minimum atomic E-state index is -0.882.